The van der Waals surface area contributed by atoms with E-state index in [1.807, 2.05) is 6.07 Å². The second-order valence-corrected chi connectivity index (χ2v) is 5.84. The van der Waals surface area contributed by atoms with Gasteiger partial charge in [-0.25, -0.2) is 0 Å². The van der Waals surface area contributed by atoms with Gasteiger partial charge >= 0.3 is 5.97 Å². The summed E-state index contributed by atoms with van der Waals surface area (Å²) in [7, 11) is 0. The molecule has 4 nitrogen and oxygen atoms in total. The number of carbonyl (C=O) groups excluding carboxylic acids is 1. The van der Waals surface area contributed by atoms with E-state index >= 15 is 0 Å². The van der Waals surface area contributed by atoms with Crippen molar-refractivity contribution in [1.29, 1.82) is 0 Å². The molecular weight excluding hydrogens is 282 g/mol. The number of hydrogen-bond donors (Lipinski definition) is 2. The molecule has 1 aromatic heterocycles. The summed E-state index contributed by atoms with van der Waals surface area (Å²) in [6.45, 7) is 0. The fraction of sp³-hybridized carbons (Fsp3) is 0.333. The Morgan fingerprint density at radius 2 is 2.20 bits per heavy atom. The van der Waals surface area contributed by atoms with Crippen molar-refractivity contribution < 1.29 is 14.7 Å². The van der Waals surface area contributed by atoms with Crippen LogP contribution in [0.1, 0.15) is 6.42 Å². The van der Waals surface area contributed by atoms with Crippen LogP contribution in [-0.2, 0) is 9.59 Å². The van der Waals surface area contributed by atoms with Crippen molar-refractivity contribution in [3.05, 3.63) is 15.9 Å². The molecule has 0 aliphatic heterocycles. The van der Waals surface area contributed by atoms with Gasteiger partial charge in [-0.15, -0.1) is 11.3 Å². The van der Waals surface area contributed by atoms with E-state index in [2.05, 4.69) is 21.2 Å². The molecule has 1 amide bonds. The van der Waals surface area contributed by atoms with Crippen molar-refractivity contribution in [2.24, 2.45) is 11.8 Å². The molecule has 2 unspecified atom stereocenters. The predicted octanol–water partition coefficient (Wildman–Crippen LogP) is 2.17. The fourth-order valence-electron chi connectivity index (χ4n) is 1.35. The van der Waals surface area contributed by atoms with Crippen LogP contribution in [0.15, 0.2) is 15.9 Å². The number of hydrogen-bond acceptors (Lipinski definition) is 3. The number of carboxylic acid groups (broad SMARTS) is 1. The topological polar surface area (TPSA) is 66.4 Å². The lowest BCUT2D eigenvalue weighted by Gasteiger charge is -1.99. The van der Waals surface area contributed by atoms with Gasteiger partial charge in [-0.2, -0.15) is 0 Å². The average molecular weight is 290 g/mol. The van der Waals surface area contributed by atoms with E-state index < -0.39 is 11.9 Å². The van der Waals surface area contributed by atoms with Crippen molar-refractivity contribution in [2.45, 2.75) is 6.42 Å². The Balaban J connectivity index is 1.92. The summed E-state index contributed by atoms with van der Waals surface area (Å²) >= 11 is 4.69. The molecule has 0 saturated heterocycles. The minimum absolute atomic E-state index is 0.197. The van der Waals surface area contributed by atoms with Crippen molar-refractivity contribution in [3.63, 3.8) is 0 Å². The van der Waals surface area contributed by atoms with Gasteiger partial charge < -0.3 is 10.4 Å². The molecule has 6 heteroatoms. The maximum absolute atomic E-state index is 11.5. The van der Waals surface area contributed by atoms with Gasteiger partial charge in [0.2, 0.25) is 5.91 Å². The van der Waals surface area contributed by atoms with Crippen molar-refractivity contribution in [3.8, 4) is 0 Å². The molecule has 0 aromatic carbocycles. The average Bonchev–Trinajstić information content (AvgIpc) is 2.86. The van der Waals surface area contributed by atoms with Gasteiger partial charge in [0.05, 0.1) is 20.6 Å². The molecule has 2 atom stereocenters. The first-order valence-electron chi connectivity index (χ1n) is 4.37. The highest BCUT2D eigenvalue weighted by Crippen LogP contribution is 2.40. The maximum Gasteiger partial charge on any atom is 0.307 e. The third-order valence-corrected chi connectivity index (χ3v) is 3.80. The Bertz CT molecular complexity index is 417. The molecule has 1 fully saturated rings. The summed E-state index contributed by atoms with van der Waals surface area (Å²) in [6, 6.07) is 3.62. The van der Waals surface area contributed by atoms with Gasteiger partial charge in [-0.3, -0.25) is 9.59 Å². The molecule has 1 aliphatic rings. The standard InChI is InChI=1S/C9H8BrNO3S/c10-6-1-2-7(15-6)11-8(12)4-3-5(4)9(13)14/h1-2,4-5H,3H2,(H,11,12)(H,13,14). The SMILES string of the molecule is O=C(O)C1CC1C(=O)Nc1ccc(Br)s1. The Morgan fingerprint density at radius 3 is 2.67 bits per heavy atom. The van der Waals surface area contributed by atoms with Gasteiger partial charge in [0.15, 0.2) is 0 Å². The van der Waals surface area contributed by atoms with E-state index in [0.29, 0.717) is 6.42 Å². The highest BCUT2D eigenvalue weighted by atomic mass is 79.9. The smallest absolute Gasteiger partial charge is 0.307 e. The van der Waals surface area contributed by atoms with Crippen molar-refractivity contribution in [1.82, 2.24) is 0 Å². The molecule has 1 aliphatic carbocycles. The van der Waals surface area contributed by atoms with E-state index in [1.54, 1.807) is 6.07 Å². The molecule has 0 bridgehead atoms. The molecule has 1 aromatic rings. The quantitative estimate of drug-likeness (QED) is 0.896. The zero-order valence-corrected chi connectivity index (χ0v) is 9.97. The first kappa shape index (κ1) is 10.6. The van der Waals surface area contributed by atoms with Gasteiger partial charge in [-0.1, -0.05) is 0 Å². The van der Waals surface area contributed by atoms with Crippen LogP contribution >= 0.6 is 27.3 Å². The highest BCUT2D eigenvalue weighted by molar-refractivity contribution is 9.11. The normalized spacial score (nSPS) is 23.5. The van der Waals surface area contributed by atoms with E-state index in [4.69, 9.17) is 5.11 Å². The Hall–Kier alpha value is -0.880. The van der Waals surface area contributed by atoms with Crippen LogP contribution < -0.4 is 5.32 Å². The van der Waals surface area contributed by atoms with Crippen LogP contribution in [0.5, 0.6) is 0 Å². The van der Waals surface area contributed by atoms with Crippen LogP contribution in [0, 0.1) is 11.8 Å². The third kappa shape index (κ3) is 2.38. The molecular formula is C9H8BrNO3S. The number of carboxylic acids is 1. The van der Waals surface area contributed by atoms with Crippen LogP contribution in [0.3, 0.4) is 0 Å². The van der Waals surface area contributed by atoms with Gasteiger partial charge in [0.1, 0.15) is 0 Å². The third-order valence-electron chi connectivity index (χ3n) is 2.26. The number of amides is 1. The number of rotatable bonds is 3. The van der Waals surface area contributed by atoms with Crippen molar-refractivity contribution >= 4 is 44.1 Å². The zero-order valence-electron chi connectivity index (χ0n) is 7.57. The Kier molecular flexibility index (Phi) is 2.79. The summed E-state index contributed by atoms with van der Waals surface area (Å²) in [5.74, 6) is -1.93. The molecule has 0 spiro atoms. The van der Waals surface area contributed by atoms with E-state index in [0.717, 1.165) is 8.79 Å². The zero-order chi connectivity index (χ0) is 11.0. The minimum Gasteiger partial charge on any atom is -0.481 e. The number of thiophene rings is 1. The number of carbonyl (C=O) groups is 2. The van der Waals surface area contributed by atoms with Crippen LogP contribution in [0.4, 0.5) is 5.00 Å². The Labute approximate surface area is 98.4 Å². The molecule has 1 heterocycles. The molecule has 80 valence electrons. The van der Waals surface area contributed by atoms with Crippen LogP contribution in [-0.4, -0.2) is 17.0 Å². The van der Waals surface area contributed by atoms with Gasteiger partial charge in [0, 0.05) is 0 Å². The summed E-state index contributed by atoms with van der Waals surface area (Å²) in [4.78, 5) is 22.1. The summed E-state index contributed by atoms with van der Waals surface area (Å²) in [6.07, 6.45) is 0.452. The highest BCUT2D eigenvalue weighted by Gasteiger charge is 2.48. The van der Waals surface area contributed by atoms with Crippen molar-refractivity contribution in [2.75, 3.05) is 5.32 Å². The Morgan fingerprint density at radius 1 is 1.47 bits per heavy atom. The summed E-state index contributed by atoms with van der Waals surface area (Å²) in [5, 5.41) is 12.1. The van der Waals surface area contributed by atoms with Crippen LogP contribution in [0.25, 0.3) is 0 Å². The van der Waals surface area contributed by atoms with Crippen LogP contribution in [0.2, 0.25) is 0 Å². The van der Waals surface area contributed by atoms with E-state index in [-0.39, 0.29) is 11.8 Å². The molecule has 0 radical (unpaired) electrons. The minimum atomic E-state index is -0.887. The van der Waals surface area contributed by atoms with Gasteiger partial charge in [0.25, 0.3) is 0 Å². The largest absolute Gasteiger partial charge is 0.481 e. The second-order valence-electron chi connectivity index (χ2n) is 3.38. The van der Waals surface area contributed by atoms with Gasteiger partial charge in [-0.05, 0) is 34.5 Å². The predicted molar refractivity (Wildman–Crippen MR) is 59.9 cm³/mol. The first-order chi connectivity index (χ1) is 7.08. The lowest BCUT2D eigenvalue weighted by atomic mass is 10.3. The fourth-order valence-corrected chi connectivity index (χ4v) is 2.64. The monoisotopic (exact) mass is 289 g/mol. The molecule has 15 heavy (non-hydrogen) atoms. The molecule has 2 N–H and O–H groups in total. The molecule has 2 rings (SSSR count). The number of aliphatic carboxylic acids is 1. The molecule has 1 saturated carbocycles. The lowest BCUT2D eigenvalue weighted by molar-refractivity contribution is -0.139. The second kappa shape index (κ2) is 3.94. The number of halogens is 1. The summed E-state index contributed by atoms with van der Waals surface area (Å²) < 4.78 is 0.934. The number of nitrogens with one attached hydrogen (secondary N) is 1. The maximum atomic E-state index is 11.5. The van der Waals surface area contributed by atoms with E-state index in [1.165, 1.54) is 11.3 Å². The summed E-state index contributed by atoms with van der Waals surface area (Å²) in [5.41, 5.74) is 0. The number of anilines is 1. The van der Waals surface area contributed by atoms with E-state index in [9.17, 15) is 9.59 Å². The first-order valence-corrected chi connectivity index (χ1v) is 5.98. The lowest BCUT2D eigenvalue weighted by Crippen LogP contribution is -2.15.